The van der Waals surface area contributed by atoms with Crippen molar-refractivity contribution in [2.24, 2.45) is 0 Å². The molecule has 6 heteroatoms. The van der Waals surface area contributed by atoms with Crippen LogP contribution in [0.25, 0.3) is 0 Å². The van der Waals surface area contributed by atoms with E-state index in [-0.39, 0.29) is 24.5 Å². The molecule has 0 spiro atoms. The number of anilines is 1. The Morgan fingerprint density at radius 3 is 2.64 bits per heavy atom. The lowest BCUT2D eigenvalue weighted by Crippen LogP contribution is -2.45. The molecule has 1 heterocycles. The third-order valence-corrected chi connectivity index (χ3v) is 4.29. The van der Waals surface area contributed by atoms with Crippen LogP contribution in [0.15, 0.2) is 18.2 Å². The predicted molar refractivity (Wildman–Crippen MR) is 94.2 cm³/mol. The predicted octanol–water partition coefficient (Wildman–Crippen LogP) is 3.43. The summed E-state index contributed by atoms with van der Waals surface area (Å²) in [6.45, 7) is 4.44. The minimum absolute atomic E-state index is 0.0597. The molecule has 6 nitrogen and oxygen atoms in total. The van der Waals surface area contributed by atoms with E-state index in [2.05, 4.69) is 6.92 Å². The van der Waals surface area contributed by atoms with Gasteiger partial charge in [0, 0.05) is 18.5 Å². The van der Waals surface area contributed by atoms with E-state index in [1.807, 2.05) is 0 Å². The highest BCUT2D eigenvalue weighted by Crippen LogP contribution is 2.35. The molecule has 1 aliphatic rings. The molecule has 0 aromatic heterocycles. The van der Waals surface area contributed by atoms with Gasteiger partial charge < -0.3 is 14.7 Å². The summed E-state index contributed by atoms with van der Waals surface area (Å²) in [4.78, 5) is 37.0. The number of fused-ring (bicyclic) bond motifs is 1. The molecule has 2 rings (SSSR count). The maximum atomic E-state index is 12.5. The average Bonchev–Trinajstić information content (AvgIpc) is 2.59. The van der Waals surface area contributed by atoms with Crippen LogP contribution in [0.3, 0.4) is 0 Å². The maximum absolute atomic E-state index is 12.5. The van der Waals surface area contributed by atoms with Gasteiger partial charge in [-0.3, -0.25) is 14.4 Å². The number of benzene rings is 1. The SMILES string of the molecule is CCCCCCN1C(=O)C(C)Oc2ccc(C(=O)CCC(=O)O)cc21. The van der Waals surface area contributed by atoms with Crippen molar-refractivity contribution in [2.75, 3.05) is 11.4 Å². The van der Waals surface area contributed by atoms with E-state index in [1.165, 1.54) is 0 Å². The van der Waals surface area contributed by atoms with Gasteiger partial charge in [0.1, 0.15) is 5.75 Å². The number of carbonyl (C=O) groups is 3. The molecule has 0 radical (unpaired) electrons. The number of ether oxygens (including phenoxy) is 1. The maximum Gasteiger partial charge on any atom is 0.303 e. The van der Waals surface area contributed by atoms with Gasteiger partial charge >= 0.3 is 5.97 Å². The zero-order valence-corrected chi connectivity index (χ0v) is 14.8. The number of carboxylic acid groups (broad SMARTS) is 1. The van der Waals surface area contributed by atoms with Crippen LogP contribution in [-0.2, 0) is 9.59 Å². The number of nitrogens with zero attached hydrogens (tertiary/aromatic N) is 1. The molecule has 0 fully saturated rings. The Morgan fingerprint density at radius 1 is 1.20 bits per heavy atom. The Kier molecular flexibility index (Phi) is 6.56. The number of hydrogen-bond acceptors (Lipinski definition) is 4. The highest BCUT2D eigenvalue weighted by molar-refractivity contribution is 6.03. The van der Waals surface area contributed by atoms with Crippen LogP contribution in [0.4, 0.5) is 5.69 Å². The molecule has 1 unspecified atom stereocenters. The monoisotopic (exact) mass is 347 g/mol. The molecule has 1 amide bonds. The molecule has 0 bridgehead atoms. The van der Waals surface area contributed by atoms with Crippen molar-refractivity contribution in [2.45, 2.75) is 58.5 Å². The van der Waals surface area contributed by atoms with Crippen molar-refractivity contribution in [3.05, 3.63) is 23.8 Å². The number of unbranched alkanes of at least 4 members (excludes halogenated alkanes) is 3. The number of amides is 1. The third kappa shape index (κ3) is 4.81. The number of aliphatic carboxylic acids is 1. The second-order valence-electron chi connectivity index (χ2n) is 6.31. The summed E-state index contributed by atoms with van der Waals surface area (Å²) in [6.07, 6.45) is 3.36. The van der Waals surface area contributed by atoms with E-state index in [1.54, 1.807) is 30.0 Å². The van der Waals surface area contributed by atoms with E-state index >= 15 is 0 Å². The van der Waals surface area contributed by atoms with Crippen LogP contribution in [0.1, 0.15) is 62.7 Å². The topological polar surface area (TPSA) is 83.9 Å². The number of rotatable bonds is 9. The summed E-state index contributed by atoms with van der Waals surface area (Å²) in [5.41, 5.74) is 1.00. The lowest BCUT2D eigenvalue weighted by molar-refractivity contribution is -0.137. The van der Waals surface area contributed by atoms with Gasteiger partial charge in [-0.25, -0.2) is 0 Å². The van der Waals surface area contributed by atoms with Gasteiger partial charge in [0.05, 0.1) is 12.1 Å². The first-order chi connectivity index (χ1) is 11.9. The zero-order valence-electron chi connectivity index (χ0n) is 14.8. The van der Waals surface area contributed by atoms with E-state index < -0.39 is 12.1 Å². The minimum atomic E-state index is -1.00. The molecular weight excluding hydrogens is 322 g/mol. The quantitative estimate of drug-likeness (QED) is 0.546. The standard InChI is InChI=1S/C19H25NO5/c1-3-4-5-6-11-20-15-12-14(16(21)8-10-18(22)23)7-9-17(15)25-13(2)19(20)24/h7,9,12-13H,3-6,8,10-11H2,1-2H3,(H,22,23). The zero-order chi connectivity index (χ0) is 18.4. The fourth-order valence-electron chi connectivity index (χ4n) is 2.87. The number of hydrogen-bond donors (Lipinski definition) is 1. The molecule has 0 saturated carbocycles. The molecule has 25 heavy (non-hydrogen) atoms. The van der Waals surface area contributed by atoms with Crippen LogP contribution in [0, 0.1) is 0 Å². The van der Waals surface area contributed by atoms with Crippen molar-refractivity contribution in [1.82, 2.24) is 0 Å². The van der Waals surface area contributed by atoms with Crippen LogP contribution >= 0.6 is 0 Å². The van der Waals surface area contributed by atoms with Gasteiger partial charge in [0.25, 0.3) is 5.91 Å². The van der Waals surface area contributed by atoms with Crippen LogP contribution in [0.2, 0.25) is 0 Å². The Balaban J connectivity index is 2.20. The van der Waals surface area contributed by atoms with Gasteiger partial charge in [-0.2, -0.15) is 0 Å². The molecule has 1 aliphatic heterocycles. The molecule has 136 valence electrons. The fourth-order valence-corrected chi connectivity index (χ4v) is 2.87. The number of carboxylic acids is 1. The number of Topliss-reactive ketones (excluding diaryl/α,β-unsaturated/α-hetero) is 1. The molecule has 1 aromatic rings. The Bertz CT molecular complexity index is 655. The molecule has 1 atom stereocenters. The van der Waals surface area contributed by atoms with E-state index in [0.29, 0.717) is 23.5 Å². The van der Waals surface area contributed by atoms with Crippen molar-refractivity contribution >= 4 is 23.3 Å². The first-order valence-electron chi connectivity index (χ1n) is 8.81. The molecule has 1 aromatic carbocycles. The third-order valence-electron chi connectivity index (χ3n) is 4.29. The van der Waals surface area contributed by atoms with Crippen LogP contribution < -0.4 is 9.64 Å². The lowest BCUT2D eigenvalue weighted by atomic mass is 10.0. The summed E-state index contributed by atoms with van der Waals surface area (Å²) >= 11 is 0. The smallest absolute Gasteiger partial charge is 0.303 e. The van der Waals surface area contributed by atoms with Crippen molar-refractivity contribution in [3.63, 3.8) is 0 Å². The van der Waals surface area contributed by atoms with Gasteiger partial charge in [-0.15, -0.1) is 0 Å². The van der Waals surface area contributed by atoms with Gasteiger partial charge in [-0.1, -0.05) is 26.2 Å². The number of ketones is 1. The first-order valence-corrected chi connectivity index (χ1v) is 8.81. The Labute approximate surface area is 147 Å². The highest BCUT2D eigenvalue weighted by Gasteiger charge is 2.31. The average molecular weight is 347 g/mol. The van der Waals surface area contributed by atoms with Crippen LogP contribution in [0.5, 0.6) is 5.75 Å². The van der Waals surface area contributed by atoms with Crippen LogP contribution in [-0.4, -0.2) is 35.4 Å². The summed E-state index contributed by atoms with van der Waals surface area (Å²) in [6, 6.07) is 4.95. The molecule has 1 N–H and O–H groups in total. The first kappa shape index (κ1) is 19.0. The van der Waals surface area contributed by atoms with E-state index in [0.717, 1.165) is 25.7 Å². The van der Waals surface area contributed by atoms with Crippen molar-refractivity contribution in [3.8, 4) is 5.75 Å². The van der Waals surface area contributed by atoms with Crippen molar-refractivity contribution in [1.29, 1.82) is 0 Å². The molecule has 0 aliphatic carbocycles. The largest absolute Gasteiger partial charge is 0.481 e. The van der Waals surface area contributed by atoms with Gasteiger partial charge in [-0.05, 0) is 31.5 Å². The summed E-state index contributed by atoms with van der Waals surface area (Å²) in [7, 11) is 0. The summed E-state index contributed by atoms with van der Waals surface area (Å²) in [5.74, 6) is -0.782. The second kappa shape index (κ2) is 8.65. The van der Waals surface area contributed by atoms with E-state index in [4.69, 9.17) is 9.84 Å². The Morgan fingerprint density at radius 2 is 1.96 bits per heavy atom. The highest BCUT2D eigenvalue weighted by atomic mass is 16.5. The van der Waals surface area contributed by atoms with Crippen molar-refractivity contribution < 1.29 is 24.2 Å². The molecule has 0 saturated heterocycles. The Hall–Kier alpha value is -2.37. The van der Waals surface area contributed by atoms with E-state index in [9.17, 15) is 14.4 Å². The lowest BCUT2D eigenvalue weighted by Gasteiger charge is -2.33. The van der Waals surface area contributed by atoms with Gasteiger partial charge in [0.2, 0.25) is 0 Å². The fraction of sp³-hybridized carbons (Fsp3) is 0.526. The number of carbonyl (C=O) groups excluding carboxylic acids is 2. The second-order valence-corrected chi connectivity index (χ2v) is 6.31. The summed E-state index contributed by atoms with van der Waals surface area (Å²) < 4.78 is 5.64. The minimum Gasteiger partial charge on any atom is -0.481 e. The summed E-state index contributed by atoms with van der Waals surface area (Å²) in [5, 5.41) is 8.72. The normalized spacial score (nSPS) is 16.3. The van der Waals surface area contributed by atoms with Gasteiger partial charge in [0.15, 0.2) is 11.9 Å². The molecular formula is C19H25NO5.